The molecule has 0 radical (unpaired) electrons. The van der Waals surface area contributed by atoms with Crippen LogP contribution in [0.1, 0.15) is 0 Å². The number of benzene rings is 1. The van der Waals surface area contributed by atoms with Crippen molar-refractivity contribution < 1.29 is 14.4 Å². The van der Waals surface area contributed by atoms with Crippen molar-refractivity contribution in [1.29, 1.82) is 0 Å². The Labute approximate surface area is 105 Å². The van der Waals surface area contributed by atoms with Gasteiger partial charge in [0.25, 0.3) is 5.69 Å². The summed E-state index contributed by atoms with van der Waals surface area (Å²) >= 11 is 0. The van der Waals surface area contributed by atoms with Gasteiger partial charge < -0.3 is 14.4 Å². The molecule has 1 aromatic rings. The number of morpholine rings is 1. The third-order valence-corrected chi connectivity index (χ3v) is 2.81. The van der Waals surface area contributed by atoms with Gasteiger partial charge in [-0.2, -0.15) is 0 Å². The van der Waals surface area contributed by atoms with Gasteiger partial charge in [-0.15, -0.1) is 0 Å². The van der Waals surface area contributed by atoms with Crippen molar-refractivity contribution in [3.05, 3.63) is 34.4 Å². The Morgan fingerprint density at radius 2 is 2.44 bits per heavy atom. The Morgan fingerprint density at radius 1 is 1.61 bits per heavy atom. The molecule has 0 saturated carbocycles. The van der Waals surface area contributed by atoms with E-state index in [1.54, 1.807) is 12.1 Å². The van der Waals surface area contributed by atoms with Gasteiger partial charge in [-0.05, 0) is 13.1 Å². The highest BCUT2D eigenvalue weighted by Gasteiger charge is 2.18. The van der Waals surface area contributed by atoms with Gasteiger partial charge in [-0.3, -0.25) is 10.1 Å². The predicted molar refractivity (Wildman–Crippen MR) is 65.8 cm³/mol. The van der Waals surface area contributed by atoms with Crippen LogP contribution >= 0.6 is 0 Å². The van der Waals surface area contributed by atoms with Gasteiger partial charge in [0.15, 0.2) is 0 Å². The van der Waals surface area contributed by atoms with Gasteiger partial charge in [-0.25, -0.2) is 0 Å². The fourth-order valence-corrected chi connectivity index (χ4v) is 1.84. The zero-order chi connectivity index (χ0) is 13.0. The maximum atomic E-state index is 10.6. The smallest absolute Gasteiger partial charge is 0.273 e. The second kappa shape index (κ2) is 5.79. The molecule has 0 aromatic heterocycles. The van der Waals surface area contributed by atoms with E-state index in [2.05, 4.69) is 4.90 Å². The third kappa shape index (κ3) is 3.41. The number of non-ortho nitro benzene ring substituents is 1. The van der Waals surface area contributed by atoms with Crippen molar-refractivity contribution in [2.24, 2.45) is 0 Å². The van der Waals surface area contributed by atoms with E-state index < -0.39 is 4.92 Å². The van der Waals surface area contributed by atoms with Gasteiger partial charge in [0.1, 0.15) is 18.5 Å². The minimum absolute atomic E-state index is 0.0167. The van der Waals surface area contributed by atoms with Crippen LogP contribution in [-0.4, -0.2) is 49.3 Å². The Bertz CT molecular complexity index is 424. The number of hydrogen-bond donors (Lipinski definition) is 0. The van der Waals surface area contributed by atoms with Crippen LogP contribution in [0.5, 0.6) is 5.75 Å². The van der Waals surface area contributed by atoms with Crippen molar-refractivity contribution in [1.82, 2.24) is 4.90 Å². The first-order valence-corrected chi connectivity index (χ1v) is 5.82. The lowest BCUT2D eigenvalue weighted by Crippen LogP contribution is -2.42. The number of rotatable bonds is 4. The normalized spacial score (nSPS) is 20.6. The van der Waals surface area contributed by atoms with Crippen molar-refractivity contribution in [3.63, 3.8) is 0 Å². The van der Waals surface area contributed by atoms with E-state index in [4.69, 9.17) is 9.47 Å². The number of hydrogen-bond acceptors (Lipinski definition) is 5. The lowest BCUT2D eigenvalue weighted by atomic mass is 10.3. The molecule has 1 fully saturated rings. The van der Waals surface area contributed by atoms with E-state index in [9.17, 15) is 10.1 Å². The summed E-state index contributed by atoms with van der Waals surface area (Å²) < 4.78 is 11.1. The first-order chi connectivity index (χ1) is 8.65. The average Bonchev–Trinajstić information content (AvgIpc) is 2.37. The second-order valence-corrected chi connectivity index (χ2v) is 4.32. The summed E-state index contributed by atoms with van der Waals surface area (Å²) in [6.45, 7) is 2.84. The van der Waals surface area contributed by atoms with Gasteiger partial charge >= 0.3 is 0 Å². The van der Waals surface area contributed by atoms with Crippen molar-refractivity contribution in [2.75, 3.05) is 33.4 Å². The van der Waals surface area contributed by atoms with Crippen molar-refractivity contribution in [2.45, 2.75) is 6.10 Å². The lowest BCUT2D eigenvalue weighted by molar-refractivity contribution is -0.384. The Kier molecular flexibility index (Phi) is 4.11. The molecule has 18 heavy (non-hydrogen) atoms. The standard InChI is InChI=1S/C12H16N2O4/c1-13-5-6-17-12(8-13)9-18-11-4-2-3-10(7-11)14(15)16/h2-4,7,12H,5-6,8-9H2,1H3/t12-/m1/s1. The fourth-order valence-electron chi connectivity index (χ4n) is 1.84. The quantitative estimate of drug-likeness (QED) is 0.597. The Hall–Kier alpha value is -1.66. The molecule has 0 aliphatic carbocycles. The van der Waals surface area contributed by atoms with Crippen molar-refractivity contribution >= 4 is 5.69 Å². The van der Waals surface area contributed by atoms with Gasteiger partial charge in [-0.1, -0.05) is 6.07 Å². The first kappa shape index (κ1) is 12.8. The van der Waals surface area contributed by atoms with Crippen LogP contribution in [0.25, 0.3) is 0 Å². The molecule has 6 heteroatoms. The van der Waals surface area contributed by atoms with Crippen LogP contribution in [0, 0.1) is 10.1 Å². The van der Waals surface area contributed by atoms with Crippen LogP contribution in [0.15, 0.2) is 24.3 Å². The van der Waals surface area contributed by atoms with Crippen LogP contribution < -0.4 is 4.74 Å². The summed E-state index contributed by atoms with van der Waals surface area (Å²) in [6, 6.07) is 6.19. The highest BCUT2D eigenvalue weighted by atomic mass is 16.6. The minimum Gasteiger partial charge on any atom is -0.491 e. The molecule has 6 nitrogen and oxygen atoms in total. The predicted octanol–water partition coefficient (Wildman–Crippen LogP) is 1.30. The monoisotopic (exact) mass is 252 g/mol. The zero-order valence-electron chi connectivity index (χ0n) is 10.2. The van der Waals surface area contributed by atoms with Gasteiger partial charge in [0.2, 0.25) is 0 Å². The third-order valence-electron chi connectivity index (χ3n) is 2.81. The summed E-state index contributed by atoms with van der Waals surface area (Å²) in [5.74, 6) is 0.501. The molecular formula is C12H16N2O4. The van der Waals surface area contributed by atoms with Crippen LogP contribution in [-0.2, 0) is 4.74 Å². The molecule has 1 atom stereocenters. The molecule has 0 spiro atoms. The SMILES string of the molecule is CN1CCO[C@@H](COc2cccc([N+](=O)[O-])c2)C1. The van der Waals surface area contributed by atoms with E-state index in [0.29, 0.717) is 19.0 Å². The van der Waals surface area contributed by atoms with E-state index in [0.717, 1.165) is 13.1 Å². The molecule has 1 aliphatic rings. The summed E-state index contributed by atoms with van der Waals surface area (Å²) in [5.41, 5.74) is 0.0363. The van der Waals surface area contributed by atoms with Gasteiger partial charge in [0.05, 0.1) is 17.6 Å². The average molecular weight is 252 g/mol. The summed E-state index contributed by atoms with van der Waals surface area (Å²) in [7, 11) is 2.03. The van der Waals surface area contributed by atoms with Crippen LogP contribution in [0.4, 0.5) is 5.69 Å². The highest BCUT2D eigenvalue weighted by Crippen LogP contribution is 2.19. The maximum absolute atomic E-state index is 10.6. The number of nitro benzene ring substituents is 1. The summed E-state index contributed by atoms with van der Waals surface area (Å²) in [6.07, 6.45) is 0.0167. The molecule has 2 rings (SSSR count). The zero-order valence-corrected chi connectivity index (χ0v) is 10.2. The maximum Gasteiger partial charge on any atom is 0.273 e. The number of nitrogens with zero attached hydrogens (tertiary/aromatic N) is 2. The molecule has 0 N–H and O–H groups in total. The van der Waals surface area contributed by atoms with Crippen LogP contribution in [0.2, 0.25) is 0 Å². The van der Waals surface area contributed by atoms with Crippen molar-refractivity contribution in [3.8, 4) is 5.75 Å². The molecule has 1 aromatic carbocycles. The first-order valence-electron chi connectivity index (χ1n) is 5.82. The lowest BCUT2D eigenvalue weighted by Gasteiger charge is -2.29. The fraction of sp³-hybridized carbons (Fsp3) is 0.500. The molecule has 98 valence electrons. The van der Waals surface area contributed by atoms with Gasteiger partial charge in [0, 0.05) is 19.2 Å². The Morgan fingerprint density at radius 3 is 3.17 bits per heavy atom. The molecule has 0 amide bonds. The highest BCUT2D eigenvalue weighted by molar-refractivity contribution is 5.37. The molecule has 1 saturated heterocycles. The van der Waals surface area contributed by atoms with E-state index in [-0.39, 0.29) is 11.8 Å². The Balaban J connectivity index is 1.89. The number of nitro groups is 1. The molecule has 1 heterocycles. The minimum atomic E-state index is -0.433. The van der Waals surface area contributed by atoms with E-state index in [1.165, 1.54) is 12.1 Å². The topological polar surface area (TPSA) is 64.8 Å². The summed E-state index contributed by atoms with van der Waals surface area (Å²) in [5, 5.41) is 10.6. The number of ether oxygens (including phenoxy) is 2. The molecular weight excluding hydrogens is 236 g/mol. The number of likely N-dealkylation sites (N-methyl/N-ethyl adjacent to an activating group) is 1. The molecule has 1 aliphatic heterocycles. The largest absolute Gasteiger partial charge is 0.491 e. The summed E-state index contributed by atoms with van der Waals surface area (Å²) in [4.78, 5) is 12.4. The van der Waals surface area contributed by atoms with E-state index >= 15 is 0 Å². The second-order valence-electron chi connectivity index (χ2n) is 4.32. The van der Waals surface area contributed by atoms with E-state index in [1.807, 2.05) is 7.05 Å². The molecule has 0 unspecified atom stereocenters. The van der Waals surface area contributed by atoms with Crippen LogP contribution in [0.3, 0.4) is 0 Å². The molecule has 0 bridgehead atoms.